The fourth-order valence-corrected chi connectivity index (χ4v) is 2.19. The Kier molecular flexibility index (Phi) is 7.38. The van der Waals surface area contributed by atoms with Gasteiger partial charge in [-0.05, 0) is 31.8 Å². The minimum Gasteiger partial charge on any atom is -0.383 e. The van der Waals surface area contributed by atoms with Gasteiger partial charge in [0.2, 0.25) is 5.91 Å². The average molecular weight is 253 g/mol. The largest absolute Gasteiger partial charge is 0.383 e. The molecule has 1 aliphatic heterocycles. The summed E-state index contributed by atoms with van der Waals surface area (Å²) in [6.07, 6.45) is 3.09. The number of methoxy groups -OCH3 is 1. The van der Waals surface area contributed by atoms with Crippen LogP contribution in [0.25, 0.3) is 0 Å². The van der Waals surface area contributed by atoms with E-state index in [2.05, 4.69) is 11.4 Å². The normalized spacial score (nSPS) is 18.6. The van der Waals surface area contributed by atoms with E-state index < -0.39 is 0 Å². The van der Waals surface area contributed by atoms with Gasteiger partial charge in [-0.3, -0.25) is 4.79 Å². The molecular weight excluding hydrogens is 230 g/mol. The standard InChI is InChI=1S/C13H23N3O2/c1-18-10-9-16(8-2-6-14)13(17)4-3-12-5-7-15-11-12/h12,15H,2-5,7-11H2,1H3. The lowest BCUT2D eigenvalue weighted by molar-refractivity contribution is -0.132. The van der Waals surface area contributed by atoms with Crippen LogP contribution >= 0.6 is 0 Å². The lowest BCUT2D eigenvalue weighted by Crippen LogP contribution is -2.34. The quantitative estimate of drug-likeness (QED) is 0.694. The van der Waals surface area contributed by atoms with Crippen molar-refractivity contribution in [2.75, 3.05) is 39.9 Å². The van der Waals surface area contributed by atoms with Crippen molar-refractivity contribution in [2.24, 2.45) is 5.92 Å². The van der Waals surface area contributed by atoms with Crippen LogP contribution in [0.1, 0.15) is 25.7 Å². The molecule has 0 aromatic carbocycles. The number of nitrogens with one attached hydrogen (secondary N) is 1. The summed E-state index contributed by atoms with van der Waals surface area (Å²) in [6, 6.07) is 2.08. The third kappa shape index (κ3) is 5.48. The van der Waals surface area contributed by atoms with E-state index >= 15 is 0 Å². The average Bonchev–Trinajstić information content (AvgIpc) is 2.89. The van der Waals surface area contributed by atoms with Crippen LogP contribution in [0.2, 0.25) is 0 Å². The van der Waals surface area contributed by atoms with Crippen LogP contribution in [0.15, 0.2) is 0 Å². The second-order valence-electron chi connectivity index (χ2n) is 4.68. The van der Waals surface area contributed by atoms with Crippen LogP contribution in [-0.2, 0) is 9.53 Å². The number of carbonyl (C=O) groups excluding carboxylic acids is 1. The maximum Gasteiger partial charge on any atom is 0.222 e. The third-order valence-electron chi connectivity index (χ3n) is 3.34. The van der Waals surface area contributed by atoms with Crippen molar-refractivity contribution < 1.29 is 9.53 Å². The fraction of sp³-hybridized carbons (Fsp3) is 0.846. The maximum absolute atomic E-state index is 12.1. The smallest absolute Gasteiger partial charge is 0.222 e. The minimum absolute atomic E-state index is 0.147. The molecule has 1 unspecified atom stereocenters. The van der Waals surface area contributed by atoms with Crippen molar-refractivity contribution in [2.45, 2.75) is 25.7 Å². The van der Waals surface area contributed by atoms with Crippen molar-refractivity contribution in [1.29, 1.82) is 5.26 Å². The molecule has 0 saturated carbocycles. The number of amides is 1. The summed E-state index contributed by atoms with van der Waals surface area (Å²) < 4.78 is 4.99. The zero-order valence-electron chi connectivity index (χ0n) is 11.2. The van der Waals surface area contributed by atoms with Crippen molar-refractivity contribution >= 4 is 5.91 Å². The number of nitriles is 1. The molecule has 1 heterocycles. The van der Waals surface area contributed by atoms with Crippen molar-refractivity contribution in [3.63, 3.8) is 0 Å². The summed E-state index contributed by atoms with van der Waals surface area (Å²) in [5, 5.41) is 11.9. The van der Waals surface area contributed by atoms with Crippen molar-refractivity contribution in [3.8, 4) is 6.07 Å². The Bertz CT molecular complexity index is 282. The minimum atomic E-state index is 0.147. The summed E-state index contributed by atoms with van der Waals surface area (Å²) in [5.41, 5.74) is 0. The zero-order valence-corrected chi connectivity index (χ0v) is 11.2. The molecule has 0 aliphatic carbocycles. The van der Waals surface area contributed by atoms with Gasteiger partial charge < -0.3 is 15.0 Å². The lowest BCUT2D eigenvalue weighted by atomic mass is 10.0. The van der Waals surface area contributed by atoms with Gasteiger partial charge in [-0.25, -0.2) is 0 Å². The van der Waals surface area contributed by atoms with Crippen LogP contribution in [0.4, 0.5) is 0 Å². The molecule has 0 aromatic rings. The zero-order chi connectivity index (χ0) is 13.2. The molecule has 18 heavy (non-hydrogen) atoms. The van der Waals surface area contributed by atoms with E-state index in [-0.39, 0.29) is 5.91 Å². The van der Waals surface area contributed by atoms with Crippen LogP contribution in [0.5, 0.6) is 0 Å². The highest BCUT2D eigenvalue weighted by atomic mass is 16.5. The highest BCUT2D eigenvalue weighted by molar-refractivity contribution is 5.76. The highest BCUT2D eigenvalue weighted by Crippen LogP contribution is 2.15. The van der Waals surface area contributed by atoms with Crippen molar-refractivity contribution in [1.82, 2.24) is 10.2 Å². The summed E-state index contributed by atoms with van der Waals surface area (Å²) in [6.45, 7) is 3.73. The van der Waals surface area contributed by atoms with E-state index in [0.717, 1.165) is 19.5 Å². The molecule has 5 nitrogen and oxygen atoms in total. The Hall–Kier alpha value is -1.12. The Labute approximate surface area is 109 Å². The van der Waals surface area contributed by atoms with E-state index in [1.54, 1.807) is 12.0 Å². The lowest BCUT2D eigenvalue weighted by Gasteiger charge is -2.21. The fourth-order valence-electron chi connectivity index (χ4n) is 2.19. The second kappa shape index (κ2) is 8.90. The summed E-state index contributed by atoms with van der Waals surface area (Å²) >= 11 is 0. The first-order valence-corrected chi connectivity index (χ1v) is 6.62. The van der Waals surface area contributed by atoms with E-state index in [1.807, 2.05) is 0 Å². The number of hydrogen-bond acceptors (Lipinski definition) is 4. The monoisotopic (exact) mass is 253 g/mol. The molecular formula is C13H23N3O2. The van der Waals surface area contributed by atoms with E-state index in [1.165, 1.54) is 6.42 Å². The Morgan fingerprint density at radius 2 is 2.39 bits per heavy atom. The second-order valence-corrected chi connectivity index (χ2v) is 4.68. The van der Waals surface area contributed by atoms with Crippen LogP contribution in [0, 0.1) is 17.2 Å². The van der Waals surface area contributed by atoms with E-state index in [4.69, 9.17) is 10.00 Å². The van der Waals surface area contributed by atoms with E-state index in [0.29, 0.717) is 38.5 Å². The van der Waals surface area contributed by atoms with Gasteiger partial charge in [0.25, 0.3) is 0 Å². The third-order valence-corrected chi connectivity index (χ3v) is 3.34. The predicted molar refractivity (Wildman–Crippen MR) is 68.9 cm³/mol. The Balaban J connectivity index is 2.29. The SMILES string of the molecule is COCCN(CCC#N)C(=O)CCC1CCNC1. The first-order valence-electron chi connectivity index (χ1n) is 6.62. The molecule has 1 N–H and O–H groups in total. The van der Waals surface area contributed by atoms with Crippen molar-refractivity contribution in [3.05, 3.63) is 0 Å². The highest BCUT2D eigenvalue weighted by Gasteiger charge is 2.18. The number of rotatable bonds is 8. The molecule has 0 aromatic heterocycles. The first kappa shape index (κ1) is 14.9. The molecule has 1 saturated heterocycles. The van der Waals surface area contributed by atoms with E-state index in [9.17, 15) is 4.79 Å². The first-order chi connectivity index (χ1) is 8.77. The summed E-state index contributed by atoms with van der Waals surface area (Å²) in [5.74, 6) is 0.781. The van der Waals surface area contributed by atoms with Gasteiger partial charge >= 0.3 is 0 Å². The van der Waals surface area contributed by atoms with Gasteiger partial charge in [0.05, 0.1) is 19.1 Å². The molecule has 0 spiro atoms. The molecule has 0 radical (unpaired) electrons. The topological polar surface area (TPSA) is 65.4 Å². The molecule has 1 fully saturated rings. The number of carbonyl (C=O) groups is 1. The van der Waals surface area contributed by atoms with Gasteiger partial charge in [-0.1, -0.05) is 0 Å². The summed E-state index contributed by atoms with van der Waals surface area (Å²) in [7, 11) is 1.62. The van der Waals surface area contributed by atoms with Gasteiger partial charge in [0, 0.05) is 26.6 Å². The molecule has 102 valence electrons. The summed E-state index contributed by atoms with van der Waals surface area (Å²) in [4.78, 5) is 13.8. The number of nitrogens with zero attached hydrogens (tertiary/aromatic N) is 2. The Morgan fingerprint density at radius 3 is 3.00 bits per heavy atom. The van der Waals surface area contributed by atoms with Crippen LogP contribution in [-0.4, -0.2) is 50.7 Å². The molecule has 1 rings (SSSR count). The van der Waals surface area contributed by atoms with Gasteiger partial charge in [-0.2, -0.15) is 5.26 Å². The molecule has 0 bridgehead atoms. The molecule has 1 amide bonds. The number of ether oxygens (including phenoxy) is 1. The van der Waals surface area contributed by atoms with Gasteiger partial charge in [0.15, 0.2) is 0 Å². The Morgan fingerprint density at radius 1 is 1.56 bits per heavy atom. The van der Waals surface area contributed by atoms with Crippen LogP contribution in [0.3, 0.4) is 0 Å². The van der Waals surface area contributed by atoms with Gasteiger partial charge in [-0.15, -0.1) is 0 Å². The molecule has 1 aliphatic rings. The predicted octanol–water partition coefficient (Wildman–Crippen LogP) is 0.765. The number of hydrogen-bond donors (Lipinski definition) is 1. The maximum atomic E-state index is 12.1. The van der Waals surface area contributed by atoms with Gasteiger partial charge in [0.1, 0.15) is 0 Å². The molecule has 1 atom stereocenters. The molecule has 5 heteroatoms. The van der Waals surface area contributed by atoms with Crippen LogP contribution < -0.4 is 5.32 Å².